The summed E-state index contributed by atoms with van der Waals surface area (Å²) in [5.41, 5.74) is 4.52. The van der Waals surface area contributed by atoms with Crippen molar-refractivity contribution in [1.82, 2.24) is 10.9 Å². The smallest absolute Gasteiger partial charge is 0.328 e. The Morgan fingerprint density at radius 2 is 2.00 bits per heavy atom. The van der Waals surface area contributed by atoms with E-state index in [1.54, 1.807) is 18.2 Å². The molecule has 1 aromatic rings. The number of rotatable bonds is 5. The van der Waals surface area contributed by atoms with Gasteiger partial charge < -0.3 is 9.84 Å². The number of carboxylic acid groups (broad SMARTS) is 1. The van der Waals surface area contributed by atoms with Crippen molar-refractivity contribution in [3.05, 3.63) is 42.0 Å². The van der Waals surface area contributed by atoms with Gasteiger partial charge in [0.15, 0.2) is 0 Å². The number of amides is 2. The second-order valence-corrected chi connectivity index (χ2v) is 3.58. The first kappa shape index (κ1) is 15.2. The molecule has 0 heterocycles. The van der Waals surface area contributed by atoms with Crippen molar-refractivity contribution < 1.29 is 24.2 Å². The molecule has 2 amide bonds. The van der Waals surface area contributed by atoms with Crippen LogP contribution in [0.2, 0.25) is 0 Å². The molecule has 1 rings (SSSR count). The number of carboxylic acids is 1. The van der Waals surface area contributed by atoms with Crippen molar-refractivity contribution in [2.75, 3.05) is 6.61 Å². The van der Waals surface area contributed by atoms with E-state index in [9.17, 15) is 14.4 Å². The molecule has 0 bridgehead atoms. The number of ether oxygens (including phenoxy) is 1. The fraction of sp³-hybridized carbons (Fsp3) is 0.154. The fourth-order valence-electron chi connectivity index (χ4n) is 1.27. The molecule has 0 aromatic heterocycles. The lowest BCUT2D eigenvalue weighted by Crippen LogP contribution is -2.40. The van der Waals surface area contributed by atoms with E-state index in [0.29, 0.717) is 24.0 Å². The summed E-state index contributed by atoms with van der Waals surface area (Å²) >= 11 is 0. The summed E-state index contributed by atoms with van der Waals surface area (Å²) in [6.45, 7) is 2.30. The van der Waals surface area contributed by atoms with E-state index in [4.69, 9.17) is 9.84 Å². The monoisotopic (exact) mass is 278 g/mol. The van der Waals surface area contributed by atoms with Crippen LogP contribution in [0.25, 0.3) is 0 Å². The number of carbonyl (C=O) groups excluding carboxylic acids is 2. The average Bonchev–Trinajstić information content (AvgIpc) is 2.43. The Kier molecular flexibility index (Phi) is 5.76. The summed E-state index contributed by atoms with van der Waals surface area (Å²) in [7, 11) is 0. The molecule has 0 saturated carbocycles. The lowest BCUT2D eigenvalue weighted by atomic mass is 10.2. The van der Waals surface area contributed by atoms with Gasteiger partial charge in [-0.05, 0) is 25.1 Å². The third-order valence-corrected chi connectivity index (χ3v) is 2.08. The number of benzene rings is 1. The zero-order valence-corrected chi connectivity index (χ0v) is 10.8. The van der Waals surface area contributed by atoms with E-state index >= 15 is 0 Å². The number of nitrogens with one attached hydrogen (secondary N) is 2. The van der Waals surface area contributed by atoms with Crippen molar-refractivity contribution in [3.8, 4) is 5.75 Å². The molecule has 0 aliphatic heterocycles. The molecular formula is C13H14N2O5. The van der Waals surface area contributed by atoms with Crippen LogP contribution in [0.4, 0.5) is 0 Å². The molecule has 0 atom stereocenters. The summed E-state index contributed by atoms with van der Waals surface area (Å²) in [6, 6.07) is 6.43. The minimum Gasteiger partial charge on any atom is -0.494 e. The molecule has 7 nitrogen and oxygen atoms in total. The lowest BCUT2D eigenvalue weighted by Gasteiger charge is -2.07. The predicted octanol–water partition coefficient (Wildman–Crippen LogP) is 0.487. The molecular weight excluding hydrogens is 264 g/mol. The van der Waals surface area contributed by atoms with Crippen molar-refractivity contribution >= 4 is 17.8 Å². The Balaban J connectivity index is 2.56. The van der Waals surface area contributed by atoms with Crippen LogP contribution < -0.4 is 15.6 Å². The first-order valence-electron chi connectivity index (χ1n) is 5.77. The maximum absolute atomic E-state index is 11.7. The molecule has 0 spiro atoms. The molecule has 0 saturated heterocycles. The van der Waals surface area contributed by atoms with Crippen LogP contribution in [0, 0.1) is 0 Å². The predicted molar refractivity (Wildman–Crippen MR) is 70.0 cm³/mol. The van der Waals surface area contributed by atoms with Crippen LogP contribution in [0.5, 0.6) is 5.75 Å². The van der Waals surface area contributed by atoms with Crippen LogP contribution in [-0.4, -0.2) is 29.5 Å². The third kappa shape index (κ3) is 5.21. The quantitative estimate of drug-likeness (QED) is 0.537. The lowest BCUT2D eigenvalue weighted by molar-refractivity contribution is -0.131. The maximum Gasteiger partial charge on any atom is 0.328 e. The number of hydrogen-bond acceptors (Lipinski definition) is 4. The summed E-state index contributed by atoms with van der Waals surface area (Å²) in [5.74, 6) is -2.00. The molecule has 3 N–H and O–H groups in total. The van der Waals surface area contributed by atoms with Gasteiger partial charge in [0.2, 0.25) is 0 Å². The number of aliphatic carboxylic acids is 1. The third-order valence-electron chi connectivity index (χ3n) is 2.08. The number of hydrazine groups is 1. The van der Waals surface area contributed by atoms with Crippen molar-refractivity contribution in [2.45, 2.75) is 6.92 Å². The highest BCUT2D eigenvalue weighted by molar-refractivity contribution is 5.98. The highest BCUT2D eigenvalue weighted by Gasteiger charge is 2.07. The molecule has 0 unspecified atom stereocenters. The van der Waals surface area contributed by atoms with Gasteiger partial charge >= 0.3 is 5.97 Å². The summed E-state index contributed by atoms with van der Waals surface area (Å²) < 4.78 is 5.24. The van der Waals surface area contributed by atoms with Gasteiger partial charge in [0.05, 0.1) is 6.61 Å². The van der Waals surface area contributed by atoms with Crippen molar-refractivity contribution in [1.29, 1.82) is 0 Å². The second kappa shape index (κ2) is 7.57. The van der Waals surface area contributed by atoms with Gasteiger partial charge in [0, 0.05) is 17.7 Å². The zero-order chi connectivity index (χ0) is 15.0. The Morgan fingerprint density at radius 3 is 2.65 bits per heavy atom. The van der Waals surface area contributed by atoms with Crippen LogP contribution in [0.3, 0.4) is 0 Å². The molecule has 20 heavy (non-hydrogen) atoms. The standard InChI is InChI=1S/C13H14N2O5/c1-2-20-10-5-3-4-9(8-10)13(19)15-14-11(16)6-7-12(17)18/h3-8H,2H2,1H3,(H,14,16)(H,15,19)(H,17,18). The topological polar surface area (TPSA) is 105 Å². The minimum atomic E-state index is -1.25. The van der Waals surface area contributed by atoms with Gasteiger partial charge in [-0.1, -0.05) is 6.07 Å². The molecule has 106 valence electrons. The summed E-state index contributed by atoms with van der Waals surface area (Å²) in [4.78, 5) is 33.1. The molecule has 0 aliphatic rings. The van der Waals surface area contributed by atoms with Gasteiger partial charge in [0.25, 0.3) is 11.8 Å². The number of carbonyl (C=O) groups is 3. The van der Waals surface area contributed by atoms with E-state index < -0.39 is 17.8 Å². The molecule has 0 fully saturated rings. The van der Waals surface area contributed by atoms with E-state index in [-0.39, 0.29) is 0 Å². The highest BCUT2D eigenvalue weighted by atomic mass is 16.5. The molecule has 1 aromatic carbocycles. The summed E-state index contributed by atoms with van der Waals surface area (Å²) in [6.07, 6.45) is 1.45. The van der Waals surface area contributed by atoms with E-state index in [1.807, 2.05) is 6.92 Å². The average molecular weight is 278 g/mol. The van der Waals surface area contributed by atoms with Crippen LogP contribution in [-0.2, 0) is 9.59 Å². The maximum atomic E-state index is 11.7. The van der Waals surface area contributed by atoms with Gasteiger partial charge in [0.1, 0.15) is 5.75 Å². The van der Waals surface area contributed by atoms with Crippen LogP contribution in [0.1, 0.15) is 17.3 Å². The Morgan fingerprint density at radius 1 is 1.25 bits per heavy atom. The van der Waals surface area contributed by atoms with E-state index in [0.717, 1.165) is 6.08 Å². The van der Waals surface area contributed by atoms with E-state index in [1.165, 1.54) is 6.07 Å². The molecule has 0 radical (unpaired) electrons. The highest BCUT2D eigenvalue weighted by Crippen LogP contribution is 2.12. The van der Waals surface area contributed by atoms with Gasteiger partial charge in [-0.25, -0.2) is 4.79 Å². The zero-order valence-electron chi connectivity index (χ0n) is 10.8. The van der Waals surface area contributed by atoms with Crippen molar-refractivity contribution in [3.63, 3.8) is 0 Å². The molecule has 0 aliphatic carbocycles. The van der Waals surface area contributed by atoms with Gasteiger partial charge in [-0.3, -0.25) is 20.4 Å². The Labute approximate surface area is 115 Å². The van der Waals surface area contributed by atoms with Crippen LogP contribution in [0.15, 0.2) is 36.4 Å². The summed E-state index contributed by atoms with van der Waals surface area (Å²) in [5, 5.41) is 8.33. The largest absolute Gasteiger partial charge is 0.494 e. The normalized spacial score (nSPS) is 10.1. The molecule has 7 heteroatoms. The van der Waals surface area contributed by atoms with Gasteiger partial charge in [-0.15, -0.1) is 0 Å². The number of hydrogen-bond donors (Lipinski definition) is 3. The van der Waals surface area contributed by atoms with Gasteiger partial charge in [-0.2, -0.15) is 0 Å². The Hall–Kier alpha value is -2.83. The first-order chi connectivity index (χ1) is 9.52. The van der Waals surface area contributed by atoms with Crippen molar-refractivity contribution in [2.24, 2.45) is 0 Å². The fourth-order valence-corrected chi connectivity index (χ4v) is 1.27. The first-order valence-corrected chi connectivity index (χ1v) is 5.77. The SMILES string of the molecule is CCOc1cccc(C(=O)NNC(=O)C=CC(=O)O)c1. The Bertz CT molecular complexity index is 539. The minimum absolute atomic E-state index is 0.304. The van der Waals surface area contributed by atoms with Crippen LogP contribution >= 0.6 is 0 Å². The van der Waals surface area contributed by atoms with E-state index in [2.05, 4.69) is 10.9 Å². The second-order valence-electron chi connectivity index (χ2n) is 3.58.